The third-order valence-corrected chi connectivity index (χ3v) is 8.02. The zero-order chi connectivity index (χ0) is 31.9. The summed E-state index contributed by atoms with van der Waals surface area (Å²) in [6.45, 7) is 1.31. The smallest absolute Gasteiger partial charge is 0.333 e. The molecule has 2 aromatic rings. The normalized spacial score (nSPS) is 21.1. The Morgan fingerprint density at radius 2 is 1.73 bits per heavy atom. The lowest BCUT2D eigenvalue weighted by Gasteiger charge is -2.23. The number of aliphatic hydroxyl groups is 3. The predicted molar refractivity (Wildman–Crippen MR) is 163 cm³/mol. The molecule has 0 bridgehead atoms. The number of nitrogens with one attached hydrogen (secondary N) is 1. The van der Waals surface area contributed by atoms with Crippen molar-refractivity contribution in [3.8, 4) is 5.75 Å². The molecule has 0 saturated heterocycles. The average Bonchev–Trinajstić information content (AvgIpc) is 3.27. The molecule has 0 aromatic heterocycles. The maximum atomic E-state index is 12.3. The van der Waals surface area contributed by atoms with Crippen molar-refractivity contribution in [2.75, 3.05) is 0 Å². The van der Waals surface area contributed by atoms with Crippen LogP contribution in [0.1, 0.15) is 69.4 Å². The number of hydrogen-bond acceptors (Lipinski definition) is 9. The van der Waals surface area contributed by atoms with Crippen LogP contribution in [0.2, 0.25) is 0 Å². The van der Waals surface area contributed by atoms with Gasteiger partial charge < -0.3 is 30.2 Å². The third kappa shape index (κ3) is 12.1. The van der Waals surface area contributed by atoms with Gasteiger partial charge in [-0.05, 0) is 93.4 Å². The molecule has 1 unspecified atom stereocenters. The van der Waals surface area contributed by atoms with Gasteiger partial charge in [-0.3, -0.25) is 4.79 Å². The number of rotatable bonds is 18. The van der Waals surface area contributed by atoms with E-state index in [2.05, 4.69) is 10.2 Å². The topological polar surface area (TPSA) is 168 Å². The number of benzene rings is 2. The van der Waals surface area contributed by atoms with E-state index in [0.717, 1.165) is 6.42 Å². The lowest BCUT2D eigenvalue weighted by atomic mass is 9.85. The molecule has 2 aromatic carbocycles. The molecule has 1 amide bonds. The van der Waals surface area contributed by atoms with Crippen LogP contribution in [0.5, 0.6) is 5.75 Å². The van der Waals surface area contributed by atoms with Gasteiger partial charge in [0.2, 0.25) is 5.91 Å². The van der Waals surface area contributed by atoms with Crippen LogP contribution in [-0.2, 0) is 27.5 Å². The Kier molecular flexibility index (Phi) is 14.3. The molecule has 1 aliphatic carbocycles. The monoisotopic (exact) mass is 612 g/mol. The van der Waals surface area contributed by atoms with Crippen molar-refractivity contribution in [1.82, 2.24) is 5.32 Å². The summed E-state index contributed by atoms with van der Waals surface area (Å²) in [6, 6.07) is 15.2. The molecular formula is C33H44N2O9. The van der Waals surface area contributed by atoms with Crippen LogP contribution in [0.3, 0.4) is 0 Å². The second-order valence-corrected chi connectivity index (χ2v) is 11.4. The number of aliphatic hydroxyl groups excluding tert-OH is 3. The first-order valence-corrected chi connectivity index (χ1v) is 15.2. The molecule has 1 fully saturated rings. The Bertz CT molecular complexity index is 1210. The number of hydrogen-bond donors (Lipinski definition) is 4. The van der Waals surface area contributed by atoms with Gasteiger partial charge in [-0.25, -0.2) is 4.79 Å². The van der Waals surface area contributed by atoms with Gasteiger partial charge in [0.15, 0.2) is 0 Å². The molecule has 44 heavy (non-hydrogen) atoms. The Hall–Kier alpha value is -3.80. The van der Waals surface area contributed by atoms with Gasteiger partial charge >= 0.3 is 5.97 Å². The second-order valence-electron chi connectivity index (χ2n) is 11.4. The number of unbranched alkanes of at least 4 members (excludes halogenated alkanes) is 1. The quantitative estimate of drug-likeness (QED) is 0.0485. The van der Waals surface area contributed by atoms with Gasteiger partial charge in [0.1, 0.15) is 18.4 Å². The third-order valence-electron chi connectivity index (χ3n) is 8.02. The van der Waals surface area contributed by atoms with E-state index in [9.17, 15) is 35.0 Å². The number of carbonyl (C=O) groups is 2. The van der Waals surface area contributed by atoms with E-state index in [-0.39, 0.29) is 36.5 Å². The Morgan fingerprint density at radius 3 is 2.43 bits per heavy atom. The Balaban J connectivity index is 1.31. The average molecular weight is 613 g/mol. The fraction of sp³-hybridized carbons (Fsp3) is 0.515. The Morgan fingerprint density at radius 1 is 1.02 bits per heavy atom. The fourth-order valence-corrected chi connectivity index (χ4v) is 5.52. The summed E-state index contributed by atoms with van der Waals surface area (Å²) >= 11 is 0. The van der Waals surface area contributed by atoms with Gasteiger partial charge in [-0.2, -0.15) is 0 Å². The highest BCUT2D eigenvalue weighted by molar-refractivity contribution is 5.85. The molecular weight excluding hydrogens is 568 g/mol. The predicted octanol–water partition coefficient (Wildman–Crippen LogP) is 4.05. The molecule has 11 heteroatoms. The largest absolute Gasteiger partial charge is 0.425 e. The molecule has 3 rings (SSSR count). The van der Waals surface area contributed by atoms with E-state index in [1.807, 2.05) is 42.5 Å². The molecule has 0 spiro atoms. The highest BCUT2D eigenvalue weighted by Crippen LogP contribution is 2.38. The summed E-state index contributed by atoms with van der Waals surface area (Å²) in [6.07, 6.45) is 7.41. The van der Waals surface area contributed by atoms with E-state index in [1.165, 1.54) is 36.8 Å². The zero-order valence-corrected chi connectivity index (χ0v) is 25.1. The lowest BCUT2D eigenvalue weighted by Crippen LogP contribution is -2.40. The highest BCUT2D eigenvalue weighted by atomic mass is 16.9. The summed E-state index contributed by atoms with van der Waals surface area (Å²) in [5.41, 5.74) is 1.73. The van der Waals surface area contributed by atoms with Crippen molar-refractivity contribution in [3.05, 3.63) is 88.0 Å². The first kappa shape index (κ1) is 34.7. The van der Waals surface area contributed by atoms with Gasteiger partial charge in [-0.1, -0.05) is 54.6 Å². The summed E-state index contributed by atoms with van der Waals surface area (Å²) < 4.78 is 5.26. The summed E-state index contributed by atoms with van der Waals surface area (Å²) in [7, 11) is 0. The fourth-order valence-electron chi connectivity index (χ4n) is 5.52. The molecule has 0 aliphatic heterocycles. The van der Waals surface area contributed by atoms with Crippen LogP contribution in [-0.4, -0.2) is 56.6 Å². The van der Waals surface area contributed by atoms with E-state index < -0.39 is 35.4 Å². The standard InChI is InChI=1S/C33H44N2O9/c1-23(33(40)44-27-18-14-25(15-19-27)22-43-35(41)42)34-32(39)12-8-3-2-7-11-28-29(31(38)21-30(28)37)20-17-26(36)16-13-24-9-5-4-6-10-24/h2,4-7,9-10,14-15,18-19,23,26,28-31,36-38H,3,8,11-13,16-17,20-22H2,1H3,(H,34,39)/t23?,26-,28+,29+,30-,31+/m0/s1. The second kappa shape index (κ2) is 18.1. The molecule has 240 valence electrons. The molecule has 0 radical (unpaired) electrons. The number of ether oxygens (including phenoxy) is 1. The molecule has 11 nitrogen and oxygen atoms in total. The van der Waals surface area contributed by atoms with Gasteiger partial charge in [0.25, 0.3) is 5.09 Å². The maximum Gasteiger partial charge on any atom is 0.333 e. The van der Waals surface area contributed by atoms with Crippen LogP contribution in [0.4, 0.5) is 0 Å². The van der Waals surface area contributed by atoms with Crippen molar-refractivity contribution in [2.45, 2.75) is 95.7 Å². The van der Waals surface area contributed by atoms with Crippen molar-refractivity contribution < 1.29 is 39.6 Å². The van der Waals surface area contributed by atoms with Gasteiger partial charge in [0, 0.05) is 6.42 Å². The first-order valence-electron chi connectivity index (χ1n) is 15.2. The number of carbonyl (C=O) groups excluding carboxylic acids is 2. The molecule has 1 aliphatic rings. The molecule has 6 atom stereocenters. The van der Waals surface area contributed by atoms with Crippen LogP contribution < -0.4 is 10.1 Å². The van der Waals surface area contributed by atoms with Crippen LogP contribution in [0.15, 0.2) is 66.7 Å². The SMILES string of the molecule is CC(NC(=O)CCCC=CC[C@@H]1[C@@H](CC[C@@H](O)CCc2ccccc2)[C@H](O)C[C@@H]1O)C(=O)Oc1ccc(CO[N+](=O)[O-])cc1. The number of aryl methyl sites for hydroxylation is 1. The van der Waals surface area contributed by atoms with Crippen molar-refractivity contribution in [3.63, 3.8) is 0 Å². The maximum absolute atomic E-state index is 12.3. The number of esters is 1. The number of amides is 1. The Labute approximate surface area is 258 Å². The summed E-state index contributed by atoms with van der Waals surface area (Å²) in [5, 5.41) is 43.5. The summed E-state index contributed by atoms with van der Waals surface area (Å²) in [5.74, 6) is -0.831. The lowest BCUT2D eigenvalue weighted by molar-refractivity contribution is -0.763. The van der Waals surface area contributed by atoms with E-state index in [4.69, 9.17) is 4.74 Å². The van der Waals surface area contributed by atoms with Gasteiger partial charge in [-0.15, -0.1) is 10.1 Å². The van der Waals surface area contributed by atoms with Gasteiger partial charge in [0.05, 0.1) is 18.3 Å². The van der Waals surface area contributed by atoms with Crippen molar-refractivity contribution in [1.29, 1.82) is 0 Å². The zero-order valence-electron chi connectivity index (χ0n) is 25.1. The minimum Gasteiger partial charge on any atom is -0.425 e. The van der Waals surface area contributed by atoms with E-state index in [0.29, 0.717) is 50.5 Å². The van der Waals surface area contributed by atoms with Crippen LogP contribution >= 0.6 is 0 Å². The van der Waals surface area contributed by atoms with E-state index in [1.54, 1.807) is 0 Å². The van der Waals surface area contributed by atoms with Crippen molar-refractivity contribution in [2.24, 2.45) is 11.8 Å². The van der Waals surface area contributed by atoms with Crippen LogP contribution in [0, 0.1) is 22.0 Å². The minimum absolute atomic E-state index is 0.0754. The van der Waals surface area contributed by atoms with Crippen molar-refractivity contribution >= 4 is 11.9 Å². The molecule has 0 heterocycles. The minimum atomic E-state index is -0.887. The summed E-state index contributed by atoms with van der Waals surface area (Å²) in [4.78, 5) is 39.2. The van der Waals surface area contributed by atoms with Crippen LogP contribution in [0.25, 0.3) is 0 Å². The highest BCUT2D eigenvalue weighted by Gasteiger charge is 2.40. The first-order chi connectivity index (χ1) is 21.1. The molecule has 1 saturated carbocycles. The van der Waals surface area contributed by atoms with E-state index >= 15 is 0 Å². The number of allylic oxidation sites excluding steroid dienone is 2. The molecule has 4 N–H and O–H groups in total. The number of nitrogens with zero attached hydrogens (tertiary/aromatic N) is 1.